The monoisotopic (exact) mass is 388 g/mol. The van der Waals surface area contributed by atoms with Gasteiger partial charge in [0.05, 0.1) is 13.2 Å². The molecule has 0 bridgehead atoms. The molecule has 1 amide bonds. The van der Waals surface area contributed by atoms with Crippen molar-refractivity contribution >= 4 is 29.0 Å². The Morgan fingerprint density at radius 1 is 1.15 bits per heavy atom. The highest BCUT2D eigenvalue weighted by atomic mass is 35.5. The maximum Gasteiger partial charge on any atom is 0.274 e. The van der Waals surface area contributed by atoms with Crippen molar-refractivity contribution in [1.29, 1.82) is 0 Å². The molecule has 2 aromatic rings. The standard InChI is InChI=1S/C19H21ClN4O3/c1-13-21-16(18(25)23-15-4-2-14(20)3-5-15)12-17(22-13)24-8-6-19(7-9-24)26-10-11-27-19/h2-5,12H,6-11H2,1H3,(H,23,25). The third kappa shape index (κ3) is 4.05. The Labute approximate surface area is 162 Å². The van der Waals surface area contributed by atoms with Gasteiger partial charge in [0, 0.05) is 42.7 Å². The largest absolute Gasteiger partial charge is 0.356 e. The normalized spacial score (nSPS) is 18.7. The Bertz CT molecular complexity index is 827. The molecule has 142 valence electrons. The number of ether oxygens (including phenoxy) is 2. The van der Waals surface area contributed by atoms with Gasteiger partial charge in [0.15, 0.2) is 5.79 Å². The number of halogens is 1. The van der Waals surface area contributed by atoms with Gasteiger partial charge in [-0.25, -0.2) is 9.97 Å². The number of aryl methyl sites for hydroxylation is 1. The summed E-state index contributed by atoms with van der Waals surface area (Å²) in [5, 5.41) is 3.45. The van der Waals surface area contributed by atoms with Crippen molar-refractivity contribution in [3.63, 3.8) is 0 Å². The molecule has 2 fully saturated rings. The van der Waals surface area contributed by atoms with E-state index < -0.39 is 5.79 Å². The Morgan fingerprint density at radius 3 is 2.48 bits per heavy atom. The minimum Gasteiger partial charge on any atom is -0.356 e. The van der Waals surface area contributed by atoms with Crippen LogP contribution in [0.5, 0.6) is 0 Å². The molecular formula is C19H21ClN4O3. The smallest absolute Gasteiger partial charge is 0.274 e. The topological polar surface area (TPSA) is 76.6 Å². The molecule has 3 heterocycles. The van der Waals surface area contributed by atoms with Gasteiger partial charge in [0.2, 0.25) is 0 Å². The van der Waals surface area contributed by atoms with Gasteiger partial charge in [-0.05, 0) is 31.2 Å². The van der Waals surface area contributed by atoms with Crippen LogP contribution in [0.15, 0.2) is 30.3 Å². The second kappa shape index (κ2) is 7.42. The molecule has 0 saturated carbocycles. The van der Waals surface area contributed by atoms with Crippen LogP contribution in [0.3, 0.4) is 0 Å². The SMILES string of the molecule is Cc1nc(C(=O)Nc2ccc(Cl)cc2)cc(N2CCC3(CC2)OCCO3)n1. The Morgan fingerprint density at radius 2 is 1.81 bits per heavy atom. The van der Waals surface area contributed by atoms with Crippen molar-refractivity contribution in [1.82, 2.24) is 9.97 Å². The average Bonchev–Trinajstić information content (AvgIpc) is 3.11. The van der Waals surface area contributed by atoms with Crippen LogP contribution in [-0.2, 0) is 9.47 Å². The van der Waals surface area contributed by atoms with E-state index in [1.165, 1.54) is 0 Å². The first-order valence-corrected chi connectivity index (χ1v) is 9.36. The third-order valence-electron chi connectivity index (χ3n) is 4.82. The highest BCUT2D eigenvalue weighted by molar-refractivity contribution is 6.30. The predicted molar refractivity (Wildman–Crippen MR) is 102 cm³/mol. The van der Waals surface area contributed by atoms with Crippen LogP contribution in [0.4, 0.5) is 11.5 Å². The lowest BCUT2D eigenvalue weighted by Gasteiger charge is -2.38. The molecule has 8 heteroatoms. The van der Waals surface area contributed by atoms with E-state index in [0.717, 1.165) is 31.7 Å². The Kier molecular flexibility index (Phi) is 4.99. The van der Waals surface area contributed by atoms with Crippen LogP contribution >= 0.6 is 11.6 Å². The van der Waals surface area contributed by atoms with Crippen molar-refractivity contribution in [2.24, 2.45) is 0 Å². The van der Waals surface area contributed by atoms with E-state index in [2.05, 4.69) is 20.2 Å². The number of aromatic nitrogens is 2. The summed E-state index contributed by atoms with van der Waals surface area (Å²) in [5.41, 5.74) is 0.999. The summed E-state index contributed by atoms with van der Waals surface area (Å²) in [6, 6.07) is 8.68. The van der Waals surface area contributed by atoms with E-state index >= 15 is 0 Å². The second-order valence-corrected chi connectivity index (χ2v) is 7.15. The van der Waals surface area contributed by atoms with Gasteiger partial charge < -0.3 is 19.7 Å². The molecule has 0 atom stereocenters. The lowest BCUT2D eigenvalue weighted by molar-refractivity contribution is -0.169. The van der Waals surface area contributed by atoms with E-state index in [0.29, 0.717) is 35.4 Å². The van der Waals surface area contributed by atoms with Crippen LogP contribution in [0.2, 0.25) is 5.02 Å². The molecule has 2 saturated heterocycles. The number of hydrogen-bond donors (Lipinski definition) is 1. The third-order valence-corrected chi connectivity index (χ3v) is 5.07. The zero-order valence-corrected chi connectivity index (χ0v) is 15.8. The molecule has 1 spiro atoms. The van der Waals surface area contributed by atoms with Gasteiger partial charge in [-0.2, -0.15) is 0 Å². The first-order chi connectivity index (χ1) is 13.0. The zero-order valence-electron chi connectivity index (χ0n) is 15.1. The fourth-order valence-electron chi connectivity index (χ4n) is 3.42. The maximum absolute atomic E-state index is 12.6. The fraction of sp³-hybridized carbons (Fsp3) is 0.421. The number of nitrogens with one attached hydrogen (secondary N) is 1. The summed E-state index contributed by atoms with van der Waals surface area (Å²) in [5.74, 6) is 0.590. The minimum atomic E-state index is -0.437. The first kappa shape index (κ1) is 18.2. The molecule has 1 N–H and O–H groups in total. The number of carbonyl (C=O) groups excluding carboxylic acids is 1. The number of rotatable bonds is 3. The predicted octanol–water partition coefficient (Wildman–Crippen LogP) is 3.03. The lowest BCUT2D eigenvalue weighted by atomic mass is 10.0. The number of anilines is 2. The molecule has 0 unspecified atom stereocenters. The molecule has 0 aliphatic carbocycles. The molecule has 4 rings (SSSR count). The van der Waals surface area contributed by atoms with E-state index in [9.17, 15) is 4.79 Å². The maximum atomic E-state index is 12.6. The summed E-state index contributed by atoms with van der Waals surface area (Å²) in [6.45, 7) is 4.61. The van der Waals surface area contributed by atoms with E-state index in [1.807, 2.05) is 0 Å². The molecule has 2 aliphatic rings. The Hall–Kier alpha value is -2.22. The number of amides is 1. The van der Waals surface area contributed by atoms with Crippen LogP contribution < -0.4 is 10.2 Å². The van der Waals surface area contributed by atoms with Gasteiger partial charge in [0.25, 0.3) is 5.91 Å². The number of nitrogens with zero attached hydrogens (tertiary/aromatic N) is 3. The number of benzene rings is 1. The molecule has 2 aliphatic heterocycles. The molecule has 7 nitrogen and oxygen atoms in total. The quantitative estimate of drug-likeness (QED) is 0.870. The summed E-state index contributed by atoms with van der Waals surface area (Å²) < 4.78 is 11.5. The summed E-state index contributed by atoms with van der Waals surface area (Å²) in [4.78, 5) is 23.5. The summed E-state index contributed by atoms with van der Waals surface area (Å²) >= 11 is 5.88. The van der Waals surface area contributed by atoms with Crippen LogP contribution in [0.25, 0.3) is 0 Å². The van der Waals surface area contributed by atoms with Crippen molar-refractivity contribution in [2.45, 2.75) is 25.6 Å². The molecule has 0 radical (unpaired) electrons. The lowest BCUT2D eigenvalue weighted by Crippen LogP contribution is -2.45. The highest BCUT2D eigenvalue weighted by Gasteiger charge is 2.40. The van der Waals surface area contributed by atoms with Gasteiger partial charge in [-0.3, -0.25) is 4.79 Å². The Balaban J connectivity index is 1.48. The van der Waals surface area contributed by atoms with Crippen LogP contribution in [0, 0.1) is 6.92 Å². The second-order valence-electron chi connectivity index (χ2n) is 6.71. The highest BCUT2D eigenvalue weighted by Crippen LogP contribution is 2.32. The fourth-order valence-corrected chi connectivity index (χ4v) is 3.55. The van der Waals surface area contributed by atoms with Crippen molar-refractivity contribution in [2.75, 3.05) is 36.5 Å². The summed E-state index contributed by atoms with van der Waals surface area (Å²) in [6.07, 6.45) is 1.56. The minimum absolute atomic E-state index is 0.278. The zero-order chi connectivity index (χ0) is 18.9. The molecule has 1 aromatic heterocycles. The van der Waals surface area contributed by atoms with E-state index in [-0.39, 0.29) is 5.91 Å². The van der Waals surface area contributed by atoms with Gasteiger partial charge >= 0.3 is 0 Å². The molecular weight excluding hydrogens is 368 g/mol. The van der Waals surface area contributed by atoms with Crippen LogP contribution in [0.1, 0.15) is 29.2 Å². The molecule has 1 aromatic carbocycles. The van der Waals surface area contributed by atoms with Crippen molar-refractivity contribution in [3.8, 4) is 0 Å². The van der Waals surface area contributed by atoms with Crippen LogP contribution in [-0.4, -0.2) is 48.0 Å². The van der Waals surface area contributed by atoms with E-state index in [4.69, 9.17) is 21.1 Å². The number of carbonyl (C=O) groups is 1. The number of hydrogen-bond acceptors (Lipinski definition) is 6. The van der Waals surface area contributed by atoms with Gasteiger partial charge in [0.1, 0.15) is 17.3 Å². The van der Waals surface area contributed by atoms with Gasteiger partial charge in [-0.1, -0.05) is 11.6 Å². The van der Waals surface area contributed by atoms with Gasteiger partial charge in [-0.15, -0.1) is 0 Å². The summed E-state index contributed by atoms with van der Waals surface area (Å²) in [7, 11) is 0. The van der Waals surface area contributed by atoms with E-state index in [1.54, 1.807) is 37.3 Å². The van der Waals surface area contributed by atoms with Crippen molar-refractivity contribution < 1.29 is 14.3 Å². The molecule has 27 heavy (non-hydrogen) atoms. The average molecular weight is 389 g/mol. The van der Waals surface area contributed by atoms with Crippen molar-refractivity contribution in [3.05, 3.63) is 46.9 Å². The first-order valence-electron chi connectivity index (χ1n) is 8.99. The number of piperidine rings is 1.